The number of ether oxygens (including phenoxy) is 1. The average Bonchev–Trinajstić information content (AvgIpc) is 2.46. The van der Waals surface area contributed by atoms with E-state index >= 15 is 0 Å². The molecule has 1 unspecified atom stereocenters. The van der Waals surface area contributed by atoms with Crippen molar-refractivity contribution in [1.29, 1.82) is 0 Å². The number of benzene rings is 1. The second kappa shape index (κ2) is 5.74. The predicted molar refractivity (Wildman–Crippen MR) is 75.8 cm³/mol. The molecular formula is C16H19NO2. The fourth-order valence-electron chi connectivity index (χ4n) is 2.15. The largest absolute Gasteiger partial charge is 0.452 e. The summed E-state index contributed by atoms with van der Waals surface area (Å²) >= 11 is 0. The zero-order chi connectivity index (χ0) is 13.8. The van der Waals surface area contributed by atoms with Gasteiger partial charge in [0.1, 0.15) is 0 Å². The minimum Gasteiger partial charge on any atom is -0.452 e. The van der Waals surface area contributed by atoms with E-state index in [9.17, 15) is 4.79 Å². The van der Waals surface area contributed by atoms with E-state index in [-0.39, 0.29) is 12.1 Å². The summed E-state index contributed by atoms with van der Waals surface area (Å²) in [6.45, 7) is 4.32. The molecule has 0 radical (unpaired) electrons. The molecular weight excluding hydrogens is 238 g/mol. The lowest BCUT2D eigenvalue weighted by atomic mass is 9.96. The molecule has 1 atom stereocenters. The molecule has 0 bridgehead atoms. The van der Waals surface area contributed by atoms with Crippen molar-refractivity contribution < 1.29 is 9.53 Å². The zero-order valence-electron chi connectivity index (χ0n) is 11.5. The van der Waals surface area contributed by atoms with Crippen molar-refractivity contribution in [3.05, 3.63) is 59.8 Å². The minimum atomic E-state index is -0.347. The number of allylic oxidation sites excluding steroid dienone is 2. The number of carbonyl (C=O) groups excluding carboxylic acids is 1. The average molecular weight is 257 g/mol. The van der Waals surface area contributed by atoms with Crippen LogP contribution in [-0.4, -0.2) is 18.1 Å². The Balaban J connectivity index is 2.33. The first kappa shape index (κ1) is 13.4. The van der Waals surface area contributed by atoms with Crippen LogP contribution in [0.3, 0.4) is 0 Å². The maximum Gasteiger partial charge on any atom is 0.414 e. The van der Waals surface area contributed by atoms with E-state index in [0.717, 1.165) is 5.56 Å². The van der Waals surface area contributed by atoms with Gasteiger partial charge in [0.25, 0.3) is 0 Å². The number of hydrogen-bond acceptors (Lipinski definition) is 2. The number of methoxy groups -OCH3 is 1. The summed E-state index contributed by atoms with van der Waals surface area (Å²) < 4.78 is 4.82. The number of amides is 1. The highest BCUT2D eigenvalue weighted by molar-refractivity contribution is 5.70. The van der Waals surface area contributed by atoms with Crippen LogP contribution in [0.15, 0.2) is 48.7 Å². The summed E-state index contributed by atoms with van der Waals surface area (Å²) in [5, 5.41) is 0. The van der Waals surface area contributed by atoms with Crippen LogP contribution < -0.4 is 0 Å². The lowest BCUT2D eigenvalue weighted by molar-refractivity contribution is 0.132. The molecule has 3 nitrogen and oxygen atoms in total. The Labute approximate surface area is 114 Å². The van der Waals surface area contributed by atoms with E-state index in [4.69, 9.17) is 4.74 Å². The number of rotatable bonds is 2. The summed E-state index contributed by atoms with van der Waals surface area (Å²) in [5.41, 5.74) is 2.36. The molecule has 1 aromatic carbocycles. The second-order valence-corrected chi connectivity index (χ2v) is 4.87. The highest BCUT2D eigenvalue weighted by Crippen LogP contribution is 2.28. The summed E-state index contributed by atoms with van der Waals surface area (Å²) in [7, 11) is 1.40. The highest BCUT2D eigenvalue weighted by atomic mass is 16.5. The second-order valence-electron chi connectivity index (χ2n) is 4.87. The fraction of sp³-hybridized carbons (Fsp3) is 0.312. The Bertz CT molecular complexity index is 517. The van der Waals surface area contributed by atoms with Crippen LogP contribution in [0.1, 0.15) is 36.9 Å². The molecule has 0 fully saturated rings. The van der Waals surface area contributed by atoms with Crippen LogP contribution in [0, 0.1) is 0 Å². The maximum absolute atomic E-state index is 11.8. The van der Waals surface area contributed by atoms with Gasteiger partial charge in [-0.2, -0.15) is 0 Å². The number of carbonyl (C=O) groups is 1. The molecule has 1 aliphatic heterocycles. The Morgan fingerprint density at radius 2 is 2.11 bits per heavy atom. The standard InChI is InChI=1S/C16H19NO2/c1-12(2)13-7-6-8-14(11-13)15-9-4-5-10-17(15)16(18)19-3/h4-12,15H,1-3H3. The van der Waals surface area contributed by atoms with Crippen LogP contribution in [0.25, 0.3) is 0 Å². The van der Waals surface area contributed by atoms with Gasteiger partial charge in [0, 0.05) is 6.20 Å². The topological polar surface area (TPSA) is 29.5 Å². The number of nitrogens with zero attached hydrogens (tertiary/aromatic N) is 1. The van der Waals surface area contributed by atoms with Gasteiger partial charge in [0.05, 0.1) is 13.2 Å². The van der Waals surface area contributed by atoms with E-state index in [2.05, 4.69) is 26.0 Å². The van der Waals surface area contributed by atoms with Crippen molar-refractivity contribution in [2.24, 2.45) is 0 Å². The minimum absolute atomic E-state index is 0.101. The molecule has 0 N–H and O–H groups in total. The third kappa shape index (κ3) is 2.87. The van der Waals surface area contributed by atoms with Crippen LogP contribution >= 0.6 is 0 Å². The molecule has 0 saturated heterocycles. The van der Waals surface area contributed by atoms with Crippen LogP contribution in [0.4, 0.5) is 4.79 Å². The van der Waals surface area contributed by atoms with E-state index < -0.39 is 0 Å². The molecule has 19 heavy (non-hydrogen) atoms. The number of hydrogen-bond donors (Lipinski definition) is 0. The lowest BCUT2D eigenvalue weighted by Crippen LogP contribution is -2.30. The quantitative estimate of drug-likeness (QED) is 0.801. The third-order valence-corrected chi connectivity index (χ3v) is 3.26. The van der Waals surface area contributed by atoms with Gasteiger partial charge in [0.2, 0.25) is 0 Å². The first-order valence-electron chi connectivity index (χ1n) is 6.44. The van der Waals surface area contributed by atoms with Gasteiger partial charge in [0.15, 0.2) is 0 Å². The summed E-state index contributed by atoms with van der Waals surface area (Å²) in [5.74, 6) is 0.467. The smallest absolute Gasteiger partial charge is 0.414 e. The molecule has 1 heterocycles. The maximum atomic E-state index is 11.8. The molecule has 3 heteroatoms. The Morgan fingerprint density at radius 1 is 1.32 bits per heavy atom. The normalized spacial score (nSPS) is 17.9. The molecule has 0 spiro atoms. The van der Waals surface area contributed by atoms with Gasteiger partial charge in [-0.25, -0.2) is 4.79 Å². The third-order valence-electron chi connectivity index (χ3n) is 3.26. The van der Waals surface area contributed by atoms with Gasteiger partial charge in [-0.15, -0.1) is 0 Å². The predicted octanol–water partition coefficient (Wildman–Crippen LogP) is 4.00. The summed E-state index contributed by atoms with van der Waals surface area (Å²) in [6.07, 6.45) is 7.18. The van der Waals surface area contributed by atoms with Crippen LogP contribution in [-0.2, 0) is 4.74 Å². The summed E-state index contributed by atoms with van der Waals surface area (Å²) in [4.78, 5) is 13.4. The van der Waals surface area contributed by atoms with E-state index in [1.54, 1.807) is 11.1 Å². The summed E-state index contributed by atoms with van der Waals surface area (Å²) in [6, 6.07) is 8.23. The van der Waals surface area contributed by atoms with E-state index in [1.165, 1.54) is 12.7 Å². The zero-order valence-corrected chi connectivity index (χ0v) is 11.5. The van der Waals surface area contributed by atoms with Crippen LogP contribution in [0.2, 0.25) is 0 Å². The van der Waals surface area contributed by atoms with Crippen molar-refractivity contribution in [1.82, 2.24) is 4.90 Å². The van der Waals surface area contributed by atoms with Gasteiger partial charge >= 0.3 is 6.09 Å². The van der Waals surface area contributed by atoms with Crippen LogP contribution in [0.5, 0.6) is 0 Å². The molecule has 1 aliphatic rings. The molecule has 2 rings (SSSR count). The van der Waals surface area contributed by atoms with Crippen molar-refractivity contribution in [3.63, 3.8) is 0 Å². The fourth-order valence-corrected chi connectivity index (χ4v) is 2.15. The van der Waals surface area contributed by atoms with Crippen molar-refractivity contribution >= 4 is 6.09 Å². The van der Waals surface area contributed by atoms with Gasteiger partial charge in [-0.05, 0) is 23.1 Å². The van der Waals surface area contributed by atoms with Crippen molar-refractivity contribution in [3.8, 4) is 0 Å². The monoisotopic (exact) mass is 257 g/mol. The molecule has 100 valence electrons. The molecule has 0 aliphatic carbocycles. The molecule has 1 amide bonds. The van der Waals surface area contributed by atoms with Gasteiger partial charge in [-0.1, -0.05) is 50.3 Å². The van der Waals surface area contributed by atoms with Gasteiger partial charge in [-0.3, -0.25) is 4.90 Å². The Morgan fingerprint density at radius 3 is 2.79 bits per heavy atom. The first-order valence-corrected chi connectivity index (χ1v) is 6.44. The Hall–Kier alpha value is -2.03. The highest BCUT2D eigenvalue weighted by Gasteiger charge is 2.23. The van der Waals surface area contributed by atoms with Gasteiger partial charge < -0.3 is 4.74 Å². The van der Waals surface area contributed by atoms with Crippen molar-refractivity contribution in [2.45, 2.75) is 25.8 Å². The van der Waals surface area contributed by atoms with E-state index in [0.29, 0.717) is 5.92 Å². The SMILES string of the molecule is COC(=O)N1C=CC=CC1c1cccc(C(C)C)c1. The molecule has 0 aromatic heterocycles. The van der Waals surface area contributed by atoms with E-state index in [1.807, 2.05) is 30.4 Å². The van der Waals surface area contributed by atoms with Crippen molar-refractivity contribution in [2.75, 3.05) is 7.11 Å². The molecule has 0 saturated carbocycles. The first-order chi connectivity index (χ1) is 9.13. The Kier molecular flexibility index (Phi) is 4.05. The lowest BCUT2D eigenvalue weighted by Gasteiger charge is -2.28. The molecule has 1 aromatic rings.